The Hall–Kier alpha value is -3.16. The summed E-state index contributed by atoms with van der Waals surface area (Å²) in [5.41, 5.74) is 2.78. The van der Waals surface area contributed by atoms with Crippen LogP contribution in [0, 0.1) is 13.8 Å². The minimum Gasteiger partial charge on any atom is -0.441 e. The van der Waals surface area contributed by atoms with Gasteiger partial charge in [0.05, 0.1) is 12.1 Å². The van der Waals surface area contributed by atoms with Crippen molar-refractivity contribution in [1.82, 2.24) is 20.1 Å². The van der Waals surface area contributed by atoms with Crippen LogP contribution in [-0.4, -0.2) is 52.2 Å². The summed E-state index contributed by atoms with van der Waals surface area (Å²) in [5, 5.41) is 8.08. The van der Waals surface area contributed by atoms with Gasteiger partial charge in [-0.1, -0.05) is 29.7 Å². The van der Waals surface area contributed by atoms with Crippen molar-refractivity contribution in [2.75, 3.05) is 31.1 Å². The van der Waals surface area contributed by atoms with E-state index in [1.165, 1.54) is 5.56 Å². The van der Waals surface area contributed by atoms with Gasteiger partial charge in [-0.15, -0.1) is 5.10 Å². The first-order valence-electron chi connectivity index (χ1n) is 9.92. The van der Waals surface area contributed by atoms with Crippen molar-refractivity contribution < 1.29 is 13.6 Å². The fraction of sp³-hybridized carbons (Fsp3) is 0.429. The third-order valence-corrected chi connectivity index (χ3v) is 5.17. The van der Waals surface area contributed by atoms with Crippen LogP contribution in [0.25, 0.3) is 11.5 Å². The third-order valence-electron chi connectivity index (χ3n) is 5.17. The zero-order valence-corrected chi connectivity index (χ0v) is 17.0. The molecule has 0 saturated carbocycles. The number of hydrogen-bond acceptors (Lipinski definition) is 7. The van der Waals surface area contributed by atoms with E-state index in [2.05, 4.69) is 15.2 Å². The van der Waals surface area contributed by atoms with E-state index in [1.807, 2.05) is 54.8 Å². The molecule has 4 rings (SSSR count). The molecule has 8 heteroatoms. The second kappa shape index (κ2) is 8.06. The maximum atomic E-state index is 12.8. The molecular weight excluding hydrogens is 370 g/mol. The van der Waals surface area contributed by atoms with Crippen LogP contribution < -0.4 is 4.90 Å². The minimum absolute atomic E-state index is 0.0521. The number of aromatic nitrogens is 3. The number of amides is 1. The summed E-state index contributed by atoms with van der Waals surface area (Å²) in [7, 11) is 0. The van der Waals surface area contributed by atoms with E-state index in [4.69, 9.17) is 8.83 Å². The molecule has 1 saturated heterocycles. The molecule has 8 nitrogen and oxygen atoms in total. The van der Waals surface area contributed by atoms with Crippen LogP contribution in [-0.2, 0) is 17.6 Å². The van der Waals surface area contributed by atoms with E-state index < -0.39 is 0 Å². The highest BCUT2D eigenvalue weighted by Crippen LogP contribution is 2.23. The normalized spacial score (nSPS) is 14.4. The quantitative estimate of drug-likeness (QED) is 0.656. The van der Waals surface area contributed by atoms with Gasteiger partial charge >= 0.3 is 6.01 Å². The lowest BCUT2D eigenvalue weighted by molar-refractivity contribution is -0.130. The van der Waals surface area contributed by atoms with E-state index in [-0.39, 0.29) is 12.3 Å². The Balaban J connectivity index is 1.37. The molecule has 152 valence electrons. The largest absolute Gasteiger partial charge is 0.441 e. The van der Waals surface area contributed by atoms with Crippen molar-refractivity contribution in [3.05, 3.63) is 47.2 Å². The summed E-state index contributed by atoms with van der Waals surface area (Å²) in [6, 6.07) is 8.53. The first-order valence-corrected chi connectivity index (χ1v) is 9.92. The Morgan fingerprint density at radius 1 is 1.03 bits per heavy atom. The molecule has 0 radical (unpaired) electrons. The number of carbonyl (C=O) groups excluding carboxylic acids is 1. The number of oxazole rings is 1. The summed E-state index contributed by atoms with van der Waals surface area (Å²) in [6.07, 6.45) is 0.953. The Bertz CT molecular complexity index is 984. The van der Waals surface area contributed by atoms with Gasteiger partial charge in [-0.3, -0.25) is 4.79 Å². The third kappa shape index (κ3) is 4.16. The zero-order valence-electron chi connectivity index (χ0n) is 17.0. The van der Waals surface area contributed by atoms with Gasteiger partial charge in [0, 0.05) is 38.2 Å². The number of nitrogens with zero attached hydrogens (tertiary/aromatic N) is 5. The molecule has 0 atom stereocenters. The molecule has 3 heterocycles. The van der Waals surface area contributed by atoms with Crippen molar-refractivity contribution in [2.24, 2.45) is 0 Å². The van der Waals surface area contributed by atoms with Crippen LogP contribution in [0.1, 0.15) is 29.8 Å². The van der Waals surface area contributed by atoms with Crippen molar-refractivity contribution in [3.8, 4) is 11.5 Å². The Labute approximate surface area is 169 Å². The number of piperazine rings is 1. The van der Waals surface area contributed by atoms with Crippen LogP contribution in [0.5, 0.6) is 0 Å². The van der Waals surface area contributed by atoms with Gasteiger partial charge in [-0.25, -0.2) is 4.98 Å². The molecule has 0 N–H and O–H groups in total. The zero-order chi connectivity index (χ0) is 20.4. The summed E-state index contributed by atoms with van der Waals surface area (Å²) in [6.45, 7) is 8.44. The average molecular weight is 395 g/mol. The van der Waals surface area contributed by atoms with Gasteiger partial charge in [0.25, 0.3) is 0 Å². The number of hydrogen-bond donors (Lipinski definition) is 0. The Morgan fingerprint density at radius 3 is 2.41 bits per heavy atom. The predicted molar refractivity (Wildman–Crippen MR) is 108 cm³/mol. The molecule has 1 fully saturated rings. The highest BCUT2D eigenvalue weighted by atomic mass is 16.4. The summed E-state index contributed by atoms with van der Waals surface area (Å²) >= 11 is 0. The van der Waals surface area contributed by atoms with Gasteiger partial charge < -0.3 is 18.6 Å². The molecule has 1 aliphatic rings. The predicted octanol–water partition coefficient (Wildman–Crippen LogP) is 2.80. The molecular formula is C21H25N5O3. The van der Waals surface area contributed by atoms with E-state index in [9.17, 15) is 4.79 Å². The Morgan fingerprint density at radius 2 is 1.76 bits per heavy atom. The number of rotatable bonds is 5. The van der Waals surface area contributed by atoms with Crippen molar-refractivity contribution >= 4 is 11.9 Å². The van der Waals surface area contributed by atoms with Crippen molar-refractivity contribution in [1.29, 1.82) is 0 Å². The standard InChI is InChI=1S/C21H25N5O3/c1-4-18-23-24-21(29-18)26-11-9-25(10-12-26)19(27)13-17-15(3)28-20(22-17)16-7-5-14(2)6-8-16/h5-8H,4,9-13H2,1-3H3. The number of anilines is 1. The summed E-state index contributed by atoms with van der Waals surface area (Å²) in [5.74, 6) is 1.92. The lowest BCUT2D eigenvalue weighted by Crippen LogP contribution is -2.49. The van der Waals surface area contributed by atoms with Crippen LogP contribution in [0.15, 0.2) is 33.1 Å². The lowest BCUT2D eigenvalue weighted by Gasteiger charge is -2.33. The van der Waals surface area contributed by atoms with Crippen molar-refractivity contribution in [2.45, 2.75) is 33.6 Å². The fourth-order valence-corrected chi connectivity index (χ4v) is 3.33. The van der Waals surface area contributed by atoms with Gasteiger partial charge in [-0.2, -0.15) is 0 Å². The summed E-state index contributed by atoms with van der Waals surface area (Å²) in [4.78, 5) is 21.2. The maximum Gasteiger partial charge on any atom is 0.318 e. The number of aryl methyl sites for hydroxylation is 3. The highest BCUT2D eigenvalue weighted by Gasteiger charge is 2.25. The van der Waals surface area contributed by atoms with Crippen LogP contribution >= 0.6 is 0 Å². The van der Waals surface area contributed by atoms with E-state index in [0.717, 1.165) is 5.56 Å². The van der Waals surface area contributed by atoms with Crippen LogP contribution in [0.4, 0.5) is 6.01 Å². The first-order chi connectivity index (χ1) is 14.0. The van der Waals surface area contributed by atoms with Crippen LogP contribution in [0.2, 0.25) is 0 Å². The maximum absolute atomic E-state index is 12.8. The molecule has 3 aromatic rings. The molecule has 1 aromatic carbocycles. The average Bonchev–Trinajstić information content (AvgIpc) is 3.36. The van der Waals surface area contributed by atoms with E-state index >= 15 is 0 Å². The topological polar surface area (TPSA) is 88.5 Å². The molecule has 0 spiro atoms. The number of carbonyl (C=O) groups is 1. The second-order valence-corrected chi connectivity index (χ2v) is 7.26. The monoisotopic (exact) mass is 395 g/mol. The minimum atomic E-state index is 0.0521. The van der Waals surface area contributed by atoms with Gasteiger partial charge in [-0.05, 0) is 26.0 Å². The van der Waals surface area contributed by atoms with E-state index in [1.54, 1.807) is 0 Å². The number of benzene rings is 1. The SMILES string of the molecule is CCc1nnc(N2CCN(C(=O)Cc3nc(-c4ccc(C)cc4)oc3C)CC2)o1. The first kappa shape index (κ1) is 19.2. The Kier molecular flexibility index (Phi) is 5.33. The molecule has 1 amide bonds. The van der Waals surface area contributed by atoms with Gasteiger partial charge in [0.2, 0.25) is 17.7 Å². The van der Waals surface area contributed by atoms with Gasteiger partial charge in [0.1, 0.15) is 5.76 Å². The summed E-state index contributed by atoms with van der Waals surface area (Å²) < 4.78 is 11.4. The lowest BCUT2D eigenvalue weighted by atomic mass is 10.1. The molecule has 0 unspecified atom stereocenters. The highest BCUT2D eigenvalue weighted by molar-refractivity contribution is 5.79. The molecule has 29 heavy (non-hydrogen) atoms. The molecule has 2 aromatic heterocycles. The second-order valence-electron chi connectivity index (χ2n) is 7.26. The van der Waals surface area contributed by atoms with Crippen LogP contribution in [0.3, 0.4) is 0 Å². The molecule has 1 aliphatic heterocycles. The van der Waals surface area contributed by atoms with Gasteiger partial charge in [0.15, 0.2) is 0 Å². The molecule has 0 bridgehead atoms. The van der Waals surface area contributed by atoms with Crippen molar-refractivity contribution in [3.63, 3.8) is 0 Å². The molecule has 0 aliphatic carbocycles. The van der Waals surface area contributed by atoms with E-state index in [0.29, 0.717) is 61.9 Å². The fourth-order valence-electron chi connectivity index (χ4n) is 3.33. The smallest absolute Gasteiger partial charge is 0.318 e.